The molecule has 0 radical (unpaired) electrons. The van der Waals surface area contributed by atoms with Gasteiger partial charge in [0.25, 0.3) is 0 Å². The Morgan fingerprint density at radius 3 is 0.818 bits per heavy atom. The van der Waals surface area contributed by atoms with Crippen LogP contribution >= 0.6 is 0 Å². The van der Waals surface area contributed by atoms with E-state index in [1.54, 1.807) is 109 Å². The summed E-state index contributed by atoms with van der Waals surface area (Å²) in [7, 11) is 0. The van der Waals surface area contributed by atoms with E-state index in [-0.39, 0.29) is 23.4 Å². The average Bonchev–Trinajstić information content (AvgIpc) is 0.710. The number of carboxylic acids is 1. The van der Waals surface area contributed by atoms with Crippen molar-refractivity contribution in [1.82, 2.24) is 0 Å². The molecule has 28 bridgehead atoms. The third kappa shape index (κ3) is 16.6. The zero-order valence-electron chi connectivity index (χ0n) is 66.9. The molecule has 28 fully saturated rings. The van der Waals surface area contributed by atoms with Gasteiger partial charge in [0.05, 0.1) is 22.2 Å². The summed E-state index contributed by atoms with van der Waals surface area (Å²) < 4.78 is 33.6. The predicted molar refractivity (Wildman–Crippen MR) is 414 cm³/mol. The van der Waals surface area contributed by atoms with Crippen LogP contribution in [0.4, 0.5) is 0 Å². The van der Waals surface area contributed by atoms with Crippen LogP contribution in [0.3, 0.4) is 0 Å². The summed E-state index contributed by atoms with van der Waals surface area (Å²) in [4.78, 5) is 81.5. The van der Waals surface area contributed by atoms with Gasteiger partial charge in [0.2, 0.25) is 0 Å². The number of aliphatic carboxylic acids is 1. The molecule has 17 nitrogen and oxygen atoms in total. The molecule has 6 unspecified atom stereocenters. The van der Waals surface area contributed by atoms with Crippen LogP contribution in [0.25, 0.3) is 0 Å². The third-order valence-corrected chi connectivity index (χ3v) is 32.8. The van der Waals surface area contributed by atoms with Gasteiger partial charge in [-0.1, -0.05) is 66.7 Å². The molecule has 0 aromatic rings. The van der Waals surface area contributed by atoms with Crippen LogP contribution in [-0.2, 0) is 62.0 Å². The molecule has 17 heteroatoms. The fraction of sp³-hybridized carbons (Fsp3) is 0.796. The second kappa shape index (κ2) is 29.1. The van der Waals surface area contributed by atoms with Crippen LogP contribution in [0, 0.1) is 110 Å². The molecule has 0 spiro atoms. The molecule has 28 aliphatic carbocycles. The van der Waals surface area contributed by atoms with Gasteiger partial charge in [0, 0.05) is 87.8 Å². The molecule has 4 N–H and O–H groups in total. The molecule has 6 atom stereocenters. The fourth-order valence-corrected chi connectivity index (χ4v) is 33.1. The highest BCUT2D eigenvalue weighted by atomic mass is 16.6. The Morgan fingerprint density at radius 2 is 0.527 bits per heavy atom. The van der Waals surface area contributed by atoms with Crippen molar-refractivity contribution >= 4 is 41.8 Å². The standard InChI is InChI=1S/C19H22O6.C14H18O4.C13H18O4.C13H18O3.2C12H20.C10H16/c1-4-14(20)23-17-7-13-8-18(10-17,24-15(21)5-2)12-19(9-13,11-17)25-16(22)6-3;1-2-11(15)18-14-6-9-3-10(7-14)5-13(4-9,8-14)12(16)17;1-2-10(14)17-13-5-9-3-11(15,7-13)6-12(16,4-9)8-13;1-2-11(14)16-13-6-9-3-10(7-13)5-12(15,4-9)8-13;1-11-4-9-3-10(5-11)7-12(2,6-9)8-11;1-2-12-6-9-3-10(7-12)5-11(4-9)8-12;1-7-2-9-4-8(1)5-10(3-7)6-9/h4-6,13H,1-3,7-12H2;2,9-10H,1,3-8H2,(H,16,17);2,9,15-16H,1,3-8H2;2,9-10,15H,1,3-8H2;9-10H,3-8H2,1-2H3;9-11H,2-8H2,1H3;7-10H,1-6H2. The van der Waals surface area contributed by atoms with E-state index in [0.29, 0.717) is 94.3 Å². The zero-order valence-corrected chi connectivity index (χ0v) is 66.9. The van der Waals surface area contributed by atoms with E-state index >= 15 is 0 Å². The van der Waals surface area contributed by atoms with Gasteiger partial charge in [-0.25, -0.2) is 28.8 Å². The summed E-state index contributed by atoms with van der Waals surface area (Å²) in [6.07, 6.45) is 53.8. The molecule has 0 aliphatic heterocycles. The van der Waals surface area contributed by atoms with Crippen molar-refractivity contribution in [3.63, 3.8) is 0 Å². The lowest BCUT2D eigenvalue weighted by molar-refractivity contribution is -0.269. The summed E-state index contributed by atoms with van der Waals surface area (Å²) in [5.74, 6) is 9.14. The number of esters is 6. The lowest BCUT2D eigenvalue weighted by atomic mass is 9.45. The number of hydrogen-bond acceptors (Lipinski definition) is 16. The molecule has 0 aromatic carbocycles. The van der Waals surface area contributed by atoms with Crippen molar-refractivity contribution in [3.05, 3.63) is 75.9 Å². The Labute approximate surface area is 654 Å². The van der Waals surface area contributed by atoms with Crippen molar-refractivity contribution < 1.29 is 82.4 Å². The van der Waals surface area contributed by atoms with E-state index in [1.807, 2.05) is 0 Å². The number of carbonyl (C=O) groups excluding carboxylic acids is 6. The maximum atomic E-state index is 11.9. The van der Waals surface area contributed by atoms with Gasteiger partial charge >= 0.3 is 41.8 Å². The van der Waals surface area contributed by atoms with Gasteiger partial charge in [-0.05, 0) is 323 Å². The highest BCUT2D eigenvalue weighted by Gasteiger charge is 2.70. The van der Waals surface area contributed by atoms with Gasteiger partial charge in [0.1, 0.15) is 33.6 Å². The van der Waals surface area contributed by atoms with Crippen LogP contribution in [0.1, 0.15) is 297 Å². The smallest absolute Gasteiger partial charge is 0.330 e. The Balaban J connectivity index is 0.000000104. The molecule has 0 saturated heterocycles. The quantitative estimate of drug-likeness (QED) is 0.0716. The Bertz CT molecular complexity index is 3380. The third-order valence-electron chi connectivity index (χ3n) is 32.8. The Hall–Kier alpha value is -5.39. The average molecular weight is 1520 g/mol. The molecule has 110 heavy (non-hydrogen) atoms. The first-order valence-electron chi connectivity index (χ1n) is 43.4. The van der Waals surface area contributed by atoms with E-state index < -0.39 is 86.0 Å². The lowest BCUT2D eigenvalue weighted by Crippen LogP contribution is -2.68. The number of carbonyl (C=O) groups is 7. The maximum Gasteiger partial charge on any atom is 0.330 e. The van der Waals surface area contributed by atoms with Crippen molar-refractivity contribution in [2.45, 2.75) is 347 Å². The molecule has 0 amide bonds. The molecule has 0 aromatic heterocycles. The first-order chi connectivity index (χ1) is 51.9. The summed E-state index contributed by atoms with van der Waals surface area (Å²) in [5, 5.41) is 40.8. The van der Waals surface area contributed by atoms with E-state index in [2.05, 4.69) is 60.2 Å². The minimum Gasteiger partial charge on any atom is -0.481 e. The van der Waals surface area contributed by atoms with Gasteiger partial charge < -0.3 is 48.8 Å². The molecule has 0 heterocycles. The second-order valence-electron chi connectivity index (χ2n) is 43.3. The highest BCUT2D eigenvalue weighted by Crippen LogP contribution is 2.69. The Morgan fingerprint density at radius 1 is 0.282 bits per heavy atom. The van der Waals surface area contributed by atoms with E-state index in [9.17, 15) is 54.0 Å². The number of rotatable bonds is 14. The van der Waals surface area contributed by atoms with Gasteiger partial charge in [-0.15, -0.1) is 0 Å². The minimum atomic E-state index is -0.852. The summed E-state index contributed by atoms with van der Waals surface area (Å²) in [6, 6.07) is 0. The van der Waals surface area contributed by atoms with Crippen LogP contribution in [0.15, 0.2) is 75.9 Å². The van der Waals surface area contributed by atoms with E-state index in [4.69, 9.17) is 28.4 Å². The van der Waals surface area contributed by atoms with E-state index in [0.717, 1.165) is 147 Å². The van der Waals surface area contributed by atoms with Crippen molar-refractivity contribution in [2.24, 2.45) is 110 Å². The highest BCUT2D eigenvalue weighted by molar-refractivity contribution is 5.84. The number of aliphatic hydroxyl groups is 3. The van der Waals surface area contributed by atoms with Crippen molar-refractivity contribution in [2.75, 3.05) is 0 Å². The van der Waals surface area contributed by atoms with Gasteiger partial charge in [-0.2, -0.15) is 0 Å². The zero-order chi connectivity index (χ0) is 78.1. The molecule has 28 rings (SSSR count). The number of carboxylic acid groups (broad SMARTS) is 1. The maximum absolute atomic E-state index is 11.9. The van der Waals surface area contributed by atoms with Gasteiger partial charge in [0.15, 0.2) is 0 Å². The van der Waals surface area contributed by atoms with Gasteiger partial charge in [-0.3, -0.25) is 4.79 Å². The molecular weight excluding hydrogens is 1390 g/mol. The SMILES string of the molecule is C1C2CC3CC1CC(C2)C3.C=CC(=O)OC12CC3CC(C1)CC(C(=O)O)(C3)C2.C=CC(=O)OC12CC3CC(CC(O)(C3)C1)C2.C=CC(=O)OC12CC3CC(O)(CC(O)(C3)C1)C2.C=CC(=O)OC12CC3CC(OC(=O)C=C)(C1)CC(OC(=O)C=C)(C3)C2.CC12CC3CC(C1)CC(C)(C3)C2.CCC12CC3CC(CC(C3)C1)C2. The summed E-state index contributed by atoms with van der Waals surface area (Å²) >= 11 is 0. The van der Waals surface area contributed by atoms with E-state index in [1.165, 1.54) is 55.1 Å². The molecule has 606 valence electrons. The van der Waals surface area contributed by atoms with Crippen molar-refractivity contribution in [3.8, 4) is 0 Å². The molecule has 28 aliphatic rings. The van der Waals surface area contributed by atoms with Crippen LogP contribution in [0.2, 0.25) is 0 Å². The van der Waals surface area contributed by atoms with Crippen LogP contribution in [0.5, 0.6) is 0 Å². The molecular formula is C93H132O17. The first kappa shape index (κ1) is 79.8. The minimum absolute atomic E-state index is 0.129. The lowest BCUT2D eigenvalue weighted by Gasteiger charge is -2.63. The largest absolute Gasteiger partial charge is 0.481 e. The topological polar surface area (TPSA) is 256 Å². The Kier molecular flexibility index (Phi) is 21.1. The van der Waals surface area contributed by atoms with Crippen molar-refractivity contribution in [1.29, 1.82) is 0 Å². The normalized spacial score (nSPS) is 49.1. The monoisotopic (exact) mass is 1520 g/mol. The van der Waals surface area contributed by atoms with Crippen LogP contribution in [-0.4, -0.2) is 113 Å². The van der Waals surface area contributed by atoms with Crippen LogP contribution < -0.4 is 0 Å². The number of ether oxygens (including phenoxy) is 6. The summed E-state index contributed by atoms with van der Waals surface area (Å²) in [5.41, 5.74) is -4.62. The first-order valence-corrected chi connectivity index (χ1v) is 43.4. The summed E-state index contributed by atoms with van der Waals surface area (Å²) in [6.45, 7) is 28.1. The molecule has 28 saturated carbocycles. The second-order valence-corrected chi connectivity index (χ2v) is 43.3. The fourth-order valence-electron chi connectivity index (χ4n) is 33.1. The number of hydrogen-bond donors (Lipinski definition) is 4. The predicted octanol–water partition coefficient (Wildman–Crippen LogP) is 17.3.